The van der Waals surface area contributed by atoms with Gasteiger partial charge in [-0.1, -0.05) is 152 Å². The highest BCUT2D eigenvalue weighted by molar-refractivity contribution is 7.26. The first-order chi connectivity index (χ1) is 31.2. The zero-order chi connectivity index (χ0) is 41.4. The van der Waals surface area contributed by atoms with Crippen LogP contribution in [0.25, 0.3) is 129 Å². The van der Waals surface area contributed by atoms with Gasteiger partial charge in [0.15, 0.2) is 0 Å². The highest BCUT2D eigenvalue weighted by atomic mass is 32.1. The van der Waals surface area contributed by atoms with Crippen molar-refractivity contribution in [3.8, 4) is 66.9 Å². The average Bonchev–Trinajstić information content (AvgIpc) is 4.05. The molecule has 3 nitrogen and oxygen atoms in total. The van der Waals surface area contributed by atoms with Crippen molar-refractivity contribution in [2.75, 3.05) is 0 Å². The summed E-state index contributed by atoms with van der Waals surface area (Å²) in [6, 6.07) is 72.1. The Bertz CT molecular complexity index is 3950. The lowest BCUT2D eigenvalue weighted by Gasteiger charge is -2.09. The molecule has 0 fully saturated rings. The van der Waals surface area contributed by atoms with Gasteiger partial charge in [0.2, 0.25) is 5.71 Å². The largest absolute Gasteiger partial charge is 0.436 e. The average molecular weight is 839 g/mol. The molecule has 294 valence electrons. The summed E-state index contributed by atoms with van der Waals surface area (Å²) >= 11 is 3.73. The predicted molar refractivity (Wildman–Crippen MR) is 268 cm³/mol. The Balaban J connectivity index is 0.807. The molecule has 63 heavy (non-hydrogen) atoms. The number of fused-ring (bicyclic) bond motifs is 9. The number of benzene rings is 9. The number of hydrogen-bond donors (Lipinski definition) is 0. The van der Waals surface area contributed by atoms with E-state index in [1.54, 1.807) is 0 Å². The molecule has 9 aromatic carbocycles. The van der Waals surface area contributed by atoms with Crippen molar-refractivity contribution in [3.05, 3.63) is 206 Å². The third-order valence-corrected chi connectivity index (χ3v) is 14.8. The number of furan rings is 1. The van der Waals surface area contributed by atoms with Gasteiger partial charge in [-0.25, -0.2) is 9.97 Å². The molecular formula is C58H34N2OS2. The number of hydrogen-bond acceptors (Lipinski definition) is 5. The molecule has 0 saturated heterocycles. The molecule has 13 aromatic rings. The van der Waals surface area contributed by atoms with E-state index < -0.39 is 0 Å². The van der Waals surface area contributed by atoms with Crippen molar-refractivity contribution in [2.24, 2.45) is 0 Å². The minimum Gasteiger partial charge on any atom is -0.436 e. The fourth-order valence-electron chi connectivity index (χ4n) is 9.27. The topological polar surface area (TPSA) is 38.9 Å². The molecule has 0 N–H and O–H groups in total. The van der Waals surface area contributed by atoms with E-state index in [9.17, 15) is 0 Å². The van der Waals surface area contributed by atoms with Gasteiger partial charge in [-0.2, -0.15) is 0 Å². The first-order valence-electron chi connectivity index (χ1n) is 21.1. The molecule has 4 aromatic heterocycles. The van der Waals surface area contributed by atoms with Crippen molar-refractivity contribution in [2.45, 2.75) is 0 Å². The summed E-state index contributed by atoms with van der Waals surface area (Å²) in [6.45, 7) is 0. The number of nitrogens with zero attached hydrogens (tertiary/aromatic N) is 2. The van der Waals surface area contributed by atoms with E-state index in [-0.39, 0.29) is 0 Å². The van der Waals surface area contributed by atoms with Gasteiger partial charge >= 0.3 is 0 Å². The Kier molecular flexibility index (Phi) is 8.26. The summed E-state index contributed by atoms with van der Waals surface area (Å²) in [5.41, 5.74) is 15.6. The fourth-order valence-corrected chi connectivity index (χ4v) is 11.7. The molecule has 5 heteroatoms. The molecule has 0 aliphatic rings. The van der Waals surface area contributed by atoms with Gasteiger partial charge in [-0.15, -0.1) is 22.7 Å². The van der Waals surface area contributed by atoms with Gasteiger partial charge in [-0.3, -0.25) is 0 Å². The maximum Gasteiger partial charge on any atom is 0.246 e. The van der Waals surface area contributed by atoms with E-state index in [2.05, 4.69) is 194 Å². The van der Waals surface area contributed by atoms with E-state index in [0.29, 0.717) is 5.71 Å². The predicted octanol–water partition coefficient (Wildman–Crippen LogP) is 17.1. The molecule has 0 unspecified atom stereocenters. The van der Waals surface area contributed by atoms with Gasteiger partial charge in [0.25, 0.3) is 0 Å². The van der Waals surface area contributed by atoms with Crippen molar-refractivity contribution in [3.63, 3.8) is 0 Å². The van der Waals surface area contributed by atoms with Crippen LogP contribution in [0.3, 0.4) is 0 Å². The second-order valence-electron chi connectivity index (χ2n) is 16.1. The van der Waals surface area contributed by atoms with Crippen LogP contribution in [0, 0.1) is 0 Å². The fraction of sp³-hybridized carbons (Fsp3) is 0. The quantitative estimate of drug-likeness (QED) is 0.167. The summed E-state index contributed by atoms with van der Waals surface area (Å²) in [7, 11) is 0. The molecule has 0 amide bonds. The molecule has 4 heterocycles. The number of aromatic nitrogens is 2. The van der Waals surface area contributed by atoms with Crippen LogP contribution in [0.5, 0.6) is 0 Å². The zero-order valence-electron chi connectivity index (χ0n) is 33.7. The smallest absolute Gasteiger partial charge is 0.246 e. The molecule has 0 spiro atoms. The molecule has 0 saturated carbocycles. The lowest BCUT2D eigenvalue weighted by molar-refractivity contribution is 0.653. The Morgan fingerprint density at radius 1 is 0.349 bits per heavy atom. The summed E-state index contributed by atoms with van der Waals surface area (Å²) < 4.78 is 11.6. The Labute approximate surface area is 370 Å². The van der Waals surface area contributed by atoms with E-state index in [0.717, 1.165) is 50.0 Å². The van der Waals surface area contributed by atoms with Gasteiger partial charge in [0, 0.05) is 51.3 Å². The molecule has 0 aliphatic heterocycles. The molecular weight excluding hydrogens is 805 g/mol. The second-order valence-corrected chi connectivity index (χ2v) is 18.2. The van der Waals surface area contributed by atoms with Crippen LogP contribution in [-0.2, 0) is 0 Å². The van der Waals surface area contributed by atoms with Crippen molar-refractivity contribution < 1.29 is 4.42 Å². The van der Waals surface area contributed by atoms with Gasteiger partial charge in [0.05, 0.1) is 11.9 Å². The van der Waals surface area contributed by atoms with E-state index in [1.807, 2.05) is 34.9 Å². The molecule has 13 rings (SSSR count). The Morgan fingerprint density at radius 3 is 1.37 bits per heavy atom. The highest BCUT2D eigenvalue weighted by Gasteiger charge is 2.16. The molecule has 0 aliphatic carbocycles. The van der Waals surface area contributed by atoms with Crippen LogP contribution >= 0.6 is 22.7 Å². The SMILES string of the molecule is c1cc(-c2cccc(-c3cccc4c3sc3ccccc34)c2)cc(-c2ccc3oc4nc(-c5cccc(-c6cccc(-c7cccc8c7sc7ccccc78)c6)c5)cnc4c3c2)c1. The third-order valence-electron chi connectivity index (χ3n) is 12.4. The van der Waals surface area contributed by atoms with Gasteiger partial charge < -0.3 is 4.42 Å². The van der Waals surface area contributed by atoms with Crippen LogP contribution in [0.1, 0.15) is 0 Å². The molecule has 0 bridgehead atoms. The van der Waals surface area contributed by atoms with Crippen molar-refractivity contribution in [1.29, 1.82) is 0 Å². The monoisotopic (exact) mass is 838 g/mol. The van der Waals surface area contributed by atoms with Crippen LogP contribution in [0.2, 0.25) is 0 Å². The van der Waals surface area contributed by atoms with E-state index >= 15 is 0 Å². The third kappa shape index (κ3) is 6.08. The number of rotatable bonds is 6. The van der Waals surface area contributed by atoms with E-state index in [4.69, 9.17) is 14.4 Å². The van der Waals surface area contributed by atoms with Crippen LogP contribution in [-0.4, -0.2) is 9.97 Å². The maximum atomic E-state index is 6.37. The first-order valence-corrected chi connectivity index (χ1v) is 22.7. The normalized spacial score (nSPS) is 11.8. The summed E-state index contributed by atoms with van der Waals surface area (Å²) in [5.74, 6) is 0. The summed E-state index contributed by atoms with van der Waals surface area (Å²) in [5, 5.41) is 6.20. The van der Waals surface area contributed by atoms with Gasteiger partial charge in [0.1, 0.15) is 11.1 Å². The first kappa shape index (κ1) is 36.0. The minimum absolute atomic E-state index is 0.530. The van der Waals surface area contributed by atoms with Crippen LogP contribution in [0.4, 0.5) is 0 Å². The second kappa shape index (κ2) is 14.5. The Morgan fingerprint density at radius 2 is 0.794 bits per heavy atom. The standard InChI is InChI=1S/C58H34N2OS2/c1-3-25-53-46(19-1)48-23-9-21-44(56(48)62-53)41-16-6-13-37(30-41)35-11-5-12-36(29-35)40-27-28-52-50(33-40)55-58(61-52)60-51(34-59-55)43-18-8-15-39(32-43)38-14-7-17-42(31-38)45-22-10-24-49-47-20-2-4-26-54(47)63-57(45)49/h1-34H. The zero-order valence-corrected chi connectivity index (χ0v) is 35.4. The van der Waals surface area contributed by atoms with Crippen molar-refractivity contribution in [1.82, 2.24) is 9.97 Å². The molecule has 0 radical (unpaired) electrons. The van der Waals surface area contributed by atoms with Crippen LogP contribution in [0.15, 0.2) is 211 Å². The Hall–Kier alpha value is -7.70. The van der Waals surface area contributed by atoms with Gasteiger partial charge in [-0.05, 0) is 104 Å². The maximum absolute atomic E-state index is 6.37. The van der Waals surface area contributed by atoms with Crippen molar-refractivity contribution >= 4 is 85.2 Å². The molecule has 0 atom stereocenters. The summed E-state index contributed by atoms with van der Waals surface area (Å²) in [6.07, 6.45) is 1.87. The lowest BCUT2D eigenvalue weighted by Crippen LogP contribution is -1.88. The minimum atomic E-state index is 0.530. The number of thiophene rings is 2. The lowest BCUT2D eigenvalue weighted by atomic mass is 9.95. The highest BCUT2D eigenvalue weighted by Crippen LogP contribution is 2.43. The van der Waals surface area contributed by atoms with Crippen LogP contribution < -0.4 is 0 Å². The van der Waals surface area contributed by atoms with E-state index in [1.165, 1.54) is 73.7 Å². The summed E-state index contributed by atoms with van der Waals surface area (Å²) in [4.78, 5) is 10.00.